The van der Waals surface area contributed by atoms with Crippen molar-refractivity contribution >= 4 is 5.97 Å². The van der Waals surface area contributed by atoms with Crippen LogP contribution in [0.3, 0.4) is 0 Å². The number of nitrogens with zero attached hydrogens (tertiary/aromatic N) is 2. The van der Waals surface area contributed by atoms with Crippen molar-refractivity contribution in [2.75, 3.05) is 32.7 Å². The molecule has 0 aliphatic carbocycles. The SMILES string of the molecule is CCCN1CCCC(N2CCC(CCC)(C(=O)O)C2)CC1. The molecule has 2 saturated heterocycles. The normalized spacial score (nSPS) is 32.2. The van der Waals surface area contributed by atoms with Gasteiger partial charge in [0.1, 0.15) is 0 Å². The van der Waals surface area contributed by atoms with Crippen LogP contribution in [-0.4, -0.2) is 59.6 Å². The quantitative estimate of drug-likeness (QED) is 0.818. The van der Waals surface area contributed by atoms with Crippen molar-refractivity contribution in [3.63, 3.8) is 0 Å². The van der Waals surface area contributed by atoms with Crippen LogP contribution >= 0.6 is 0 Å². The van der Waals surface area contributed by atoms with Gasteiger partial charge in [0, 0.05) is 12.6 Å². The van der Waals surface area contributed by atoms with E-state index in [1.54, 1.807) is 0 Å². The second-order valence-corrected chi connectivity index (χ2v) is 6.98. The zero-order valence-corrected chi connectivity index (χ0v) is 13.8. The molecule has 1 N–H and O–H groups in total. The molecule has 2 aliphatic rings. The van der Waals surface area contributed by atoms with Crippen molar-refractivity contribution in [1.82, 2.24) is 9.80 Å². The molecule has 4 nitrogen and oxygen atoms in total. The maximum absolute atomic E-state index is 11.7. The summed E-state index contributed by atoms with van der Waals surface area (Å²) in [5, 5.41) is 9.64. The van der Waals surface area contributed by atoms with E-state index in [0.717, 1.165) is 32.4 Å². The number of likely N-dealkylation sites (tertiary alicyclic amines) is 2. The minimum absolute atomic E-state index is 0.468. The third-order valence-electron chi connectivity index (χ3n) is 5.41. The fourth-order valence-electron chi connectivity index (χ4n) is 4.22. The molecule has 0 aromatic heterocycles. The van der Waals surface area contributed by atoms with Crippen LogP contribution in [0.5, 0.6) is 0 Å². The van der Waals surface area contributed by atoms with Gasteiger partial charge >= 0.3 is 5.97 Å². The molecule has 4 heteroatoms. The predicted molar refractivity (Wildman–Crippen MR) is 85.5 cm³/mol. The summed E-state index contributed by atoms with van der Waals surface area (Å²) in [7, 11) is 0. The number of carbonyl (C=O) groups is 1. The number of rotatable bonds is 6. The summed E-state index contributed by atoms with van der Waals surface area (Å²) >= 11 is 0. The average molecular weight is 296 g/mol. The lowest BCUT2D eigenvalue weighted by Crippen LogP contribution is -2.39. The molecule has 0 saturated carbocycles. The van der Waals surface area contributed by atoms with E-state index in [0.29, 0.717) is 6.04 Å². The zero-order chi connectivity index (χ0) is 15.3. The summed E-state index contributed by atoms with van der Waals surface area (Å²) in [6, 6.07) is 0.602. The van der Waals surface area contributed by atoms with Crippen LogP contribution in [0.1, 0.15) is 58.8 Å². The topological polar surface area (TPSA) is 43.8 Å². The highest BCUT2D eigenvalue weighted by Gasteiger charge is 2.45. The van der Waals surface area contributed by atoms with Crippen LogP contribution in [0.15, 0.2) is 0 Å². The molecule has 0 bridgehead atoms. The molecule has 2 atom stereocenters. The van der Waals surface area contributed by atoms with Gasteiger partial charge in [0.05, 0.1) is 5.41 Å². The highest BCUT2D eigenvalue weighted by atomic mass is 16.4. The molecule has 21 heavy (non-hydrogen) atoms. The molecule has 2 aliphatic heterocycles. The van der Waals surface area contributed by atoms with Gasteiger partial charge in [-0.1, -0.05) is 20.3 Å². The van der Waals surface area contributed by atoms with Gasteiger partial charge in [0.25, 0.3) is 0 Å². The minimum atomic E-state index is -0.576. The van der Waals surface area contributed by atoms with Crippen LogP contribution < -0.4 is 0 Å². The maximum atomic E-state index is 11.7. The Labute approximate surface area is 129 Å². The summed E-state index contributed by atoms with van der Waals surface area (Å²) in [6.45, 7) is 9.71. The maximum Gasteiger partial charge on any atom is 0.310 e. The molecule has 0 aromatic rings. The first-order chi connectivity index (χ1) is 10.1. The molecular weight excluding hydrogens is 264 g/mol. The summed E-state index contributed by atoms with van der Waals surface area (Å²) in [5.41, 5.74) is -0.468. The first-order valence-electron chi connectivity index (χ1n) is 8.81. The fourth-order valence-corrected chi connectivity index (χ4v) is 4.22. The minimum Gasteiger partial charge on any atom is -0.481 e. The molecular formula is C17H32N2O2. The van der Waals surface area contributed by atoms with Gasteiger partial charge in [0.2, 0.25) is 0 Å². The van der Waals surface area contributed by atoms with E-state index in [-0.39, 0.29) is 0 Å². The van der Waals surface area contributed by atoms with Gasteiger partial charge < -0.3 is 10.0 Å². The number of hydrogen-bond donors (Lipinski definition) is 1. The summed E-state index contributed by atoms with van der Waals surface area (Å²) < 4.78 is 0. The van der Waals surface area contributed by atoms with E-state index in [9.17, 15) is 9.90 Å². The van der Waals surface area contributed by atoms with Crippen molar-refractivity contribution in [3.05, 3.63) is 0 Å². The predicted octanol–water partition coefficient (Wildman–Crippen LogP) is 2.83. The molecule has 2 heterocycles. The van der Waals surface area contributed by atoms with E-state index < -0.39 is 11.4 Å². The third kappa shape index (κ3) is 3.98. The van der Waals surface area contributed by atoms with Crippen molar-refractivity contribution in [2.45, 2.75) is 64.8 Å². The highest BCUT2D eigenvalue weighted by Crippen LogP contribution is 2.37. The standard InChI is InChI=1S/C17H32N2O2/c1-3-8-17(16(20)21)9-13-19(14-17)15-6-5-11-18(10-4-2)12-7-15/h15H,3-14H2,1-2H3,(H,20,21). The van der Waals surface area contributed by atoms with E-state index in [2.05, 4.69) is 23.6 Å². The Bertz CT molecular complexity index is 348. The van der Waals surface area contributed by atoms with Crippen LogP contribution in [0, 0.1) is 5.41 Å². The van der Waals surface area contributed by atoms with Crippen molar-refractivity contribution in [1.29, 1.82) is 0 Å². The van der Waals surface area contributed by atoms with E-state index in [1.165, 1.54) is 45.3 Å². The fraction of sp³-hybridized carbons (Fsp3) is 0.941. The average Bonchev–Trinajstić information content (AvgIpc) is 2.75. The van der Waals surface area contributed by atoms with Crippen LogP contribution in [0.4, 0.5) is 0 Å². The van der Waals surface area contributed by atoms with Gasteiger partial charge in [-0.05, 0) is 64.7 Å². The molecule has 0 spiro atoms. The van der Waals surface area contributed by atoms with Gasteiger partial charge in [-0.15, -0.1) is 0 Å². The lowest BCUT2D eigenvalue weighted by Gasteiger charge is -2.29. The van der Waals surface area contributed by atoms with Crippen molar-refractivity contribution < 1.29 is 9.90 Å². The van der Waals surface area contributed by atoms with Gasteiger partial charge in [-0.2, -0.15) is 0 Å². The Morgan fingerprint density at radius 2 is 2.00 bits per heavy atom. The Morgan fingerprint density at radius 3 is 2.67 bits per heavy atom. The van der Waals surface area contributed by atoms with E-state index >= 15 is 0 Å². The smallest absolute Gasteiger partial charge is 0.310 e. The molecule has 2 rings (SSSR count). The lowest BCUT2D eigenvalue weighted by molar-refractivity contribution is -0.148. The number of carboxylic acids is 1. The van der Waals surface area contributed by atoms with Gasteiger partial charge in [0.15, 0.2) is 0 Å². The molecule has 2 unspecified atom stereocenters. The van der Waals surface area contributed by atoms with E-state index in [4.69, 9.17) is 0 Å². The first-order valence-corrected chi connectivity index (χ1v) is 8.81. The number of hydrogen-bond acceptors (Lipinski definition) is 3. The number of aliphatic carboxylic acids is 1. The molecule has 2 fully saturated rings. The second-order valence-electron chi connectivity index (χ2n) is 6.98. The summed E-state index contributed by atoms with van der Waals surface area (Å²) in [4.78, 5) is 16.8. The Kier molecular flexibility index (Phi) is 6.06. The Balaban J connectivity index is 1.92. The van der Waals surface area contributed by atoms with Crippen LogP contribution in [0.2, 0.25) is 0 Å². The molecule has 0 aromatic carbocycles. The third-order valence-corrected chi connectivity index (χ3v) is 5.41. The van der Waals surface area contributed by atoms with Crippen molar-refractivity contribution in [2.24, 2.45) is 5.41 Å². The highest BCUT2D eigenvalue weighted by molar-refractivity contribution is 5.75. The van der Waals surface area contributed by atoms with Crippen molar-refractivity contribution in [3.8, 4) is 0 Å². The monoisotopic (exact) mass is 296 g/mol. The summed E-state index contributed by atoms with van der Waals surface area (Å²) in [6.07, 6.45) is 7.57. The Morgan fingerprint density at radius 1 is 1.19 bits per heavy atom. The molecule has 0 radical (unpaired) electrons. The Hall–Kier alpha value is -0.610. The molecule has 122 valence electrons. The largest absolute Gasteiger partial charge is 0.481 e. The molecule has 0 amide bonds. The summed E-state index contributed by atoms with van der Waals surface area (Å²) in [5.74, 6) is -0.576. The first kappa shape index (κ1) is 16.8. The van der Waals surface area contributed by atoms with Crippen LogP contribution in [0.25, 0.3) is 0 Å². The number of carboxylic acid groups (broad SMARTS) is 1. The van der Waals surface area contributed by atoms with Crippen LogP contribution in [-0.2, 0) is 4.79 Å². The van der Waals surface area contributed by atoms with Gasteiger partial charge in [-0.3, -0.25) is 9.69 Å². The lowest BCUT2D eigenvalue weighted by atomic mass is 9.82. The second kappa shape index (κ2) is 7.59. The van der Waals surface area contributed by atoms with Gasteiger partial charge in [-0.25, -0.2) is 0 Å². The van der Waals surface area contributed by atoms with E-state index in [1.807, 2.05) is 0 Å². The zero-order valence-electron chi connectivity index (χ0n) is 13.8.